The number of aromatic amines is 2. The smallest absolute Gasteiger partial charge is 0.288 e. The standard InChI is InChI=1S/C18H19N5O4/c24-14(8-23-4-2-1-3-5-23)20-17-15-10-6-12-13(27-9-26-12)7-11(10)19-16(15)18(25)22-21-17/h6-7,19H,1-5,8-9H2,(H,22,25)(H,20,21,24). The van der Waals surface area contributed by atoms with E-state index in [1.165, 1.54) is 6.42 Å². The molecule has 1 fully saturated rings. The molecule has 0 unspecified atom stereocenters. The number of amides is 1. The summed E-state index contributed by atoms with van der Waals surface area (Å²) >= 11 is 0. The van der Waals surface area contributed by atoms with E-state index in [0.717, 1.165) is 36.8 Å². The van der Waals surface area contributed by atoms with Gasteiger partial charge in [0, 0.05) is 11.5 Å². The average Bonchev–Trinajstić information content (AvgIpc) is 3.27. The van der Waals surface area contributed by atoms with Gasteiger partial charge in [-0.1, -0.05) is 6.42 Å². The number of piperidine rings is 1. The molecule has 1 aromatic carbocycles. The van der Waals surface area contributed by atoms with Crippen molar-refractivity contribution in [3.63, 3.8) is 0 Å². The number of fused-ring (bicyclic) bond motifs is 4. The highest BCUT2D eigenvalue weighted by Gasteiger charge is 2.21. The third kappa shape index (κ3) is 2.80. The summed E-state index contributed by atoms with van der Waals surface area (Å²) in [5.41, 5.74) is 0.730. The van der Waals surface area contributed by atoms with Gasteiger partial charge in [0.2, 0.25) is 12.7 Å². The predicted octanol–water partition coefficient (Wildman–Crippen LogP) is 1.56. The van der Waals surface area contributed by atoms with Crippen molar-refractivity contribution in [2.45, 2.75) is 19.3 Å². The van der Waals surface area contributed by atoms with Gasteiger partial charge in [0.25, 0.3) is 5.56 Å². The lowest BCUT2D eigenvalue weighted by atomic mass is 10.1. The largest absolute Gasteiger partial charge is 0.454 e. The van der Waals surface area contributed by atoms with Gasteiger partial charge in [-0.15, -0.1) is 0 Å². The lowest BCUT2D eigenvalue weighted by Crippen LogP contribution is -2.37. The van der Waals surface area contributed by atoms with Gasteiger partial charge in [0.1, 0.15) is 5.52 Å². The number of ether oxygens (including phenoxy) is 2. The second kappa shape index (κ2) is 6.27. The van der Waals surface area contributed by atoms with E-state index in [9.17, 15) is 9.59 Å². The van der Waals surface area contributed by atoms with Crippen LogP contribution in [-0.4, -0.2) is 52.4 Å². The van der Waals surface area contributed by atoms with Crippen LogP contribution in [0.4, 0.5) is 5.82 Å². The minimum Gasteiger partial charge on any atom is -0.454 e. The zero-order chi connectivity index (χ0) is 18.4. The second-order valence-corrected chi connectivity index (χ2v) is 6.91. The lowest BCUT2D eigenvalue weighted by molar-refractivity contribution is -0.117. The van der Waals surface area contributed by atoms with Gasteiger partial charge >= 0.3 is 0 Å². The molecule has 0 atom stereocenters. The van der Waals surface area contributed by atoms with Crippen LogP contribution in [0.1, 0.15) is 19.3 Å². The van der Waals surface area contributed by atoms with E-state index in [1.807, 2.05) is 0 Å². The van der Waals surface area contributed by atoms with Crippen LogP contribution in [0.15, 0.2) is 16.9 Å². The van der Waals surface area contributed by atoms with Crippen LogP contribution in [0.3, 0.4) is 0 Å². The van der Waals surface area contributed by atoms with Crippen molar-refractivity contribution in [1.29, 1.82) is 0 Å². The van der Waals surface area contributed by atoms with Crippen molar-refractivity contribution < 1.29 is 14.3 Å². The number of anilines is 1. The fourth-order valence-electron chi connectivity index (χ4n) is 3.80. The van der Waals surface area contributed by atoms with Crippen LogP contribution in [0.2, 0.25) is 0 Å². The van der Waals surface area contributed by atoms with E-state index in [-0.39, 0.29) is 18.3 Å². The molecule has 2 aliphatic heterocycles. The van der Waals surface area contributed by atoms with Crippen molar-refractivity contribution in [3.8, 4) is 11.5 Å². The van der Waals surface area contributed by atoms with Crippen LogP contribution >= 0.6 is 0 Å². The summed E-state index contributed by atoms with van der Waals surface area (Å²) in [5.74, 6) is 1.41. The summed E-state index contributed by atoms with van der Waals surface area (Å²) in [6.07, 6.45) is 3.44. The molecule has 1 saturated heterocycles. The van der Waals surface area contributed by atoms with E-state index in [2.05, 4.69) is 25.4 Å². The molecule has 27 heavy (non-hydrogen) atoms. The Bertz CT molecular complexity index is 1100. The summed E-state index contributed by atoms with van der Waals surface area (Å²) < 4.78 is 10.8. The fraction of sp³-hybridized carbons (Fsp3) is 0.389. The second-order valence-electron chi connectivity index (χ2n) is 6.91. The third-order valence-electron chi connectivity index (χ3n) is 5.10. The van der Waals surface area contributed by atoms with E-state index in [1.54, 1.807) is 12.1 Å². The van der Waals surface area contributed by atoms with Crippen molar-refractivity contribution in [3.05, 3.63) is 22.5 Å². The minimum atomic E-state index is -0.350. The first-order valence-electron chi connectivity index (χ1n) is 9.05. The van der Waals surface area contributed by atoms with Gasteiger partial charge in [-0.3, -0.25) is 14.5 Å². The zero-order valence-corrected chi connectivity index (χ0v) is 14.6. The quantitative estimate of drug-likeness (QED) is 0.646. The highest BCUT2D eigenvalue weighted by atomic mass is 16.7. The van der Waals surface area contributed by atoms with Gasteiger partial charge in [-0.05, 0) is 32.0 Å². The topological polar surface area (TPSA) is 112 Å². The molecule has 5 rings (SSSR count). The van der Waals surface area contributed by atoms with Crippen molar-refractivity contribution >= 4 is 33.5 Å². The highest BCUT2D eigenvalue weighted by molar-refractivity contribution is 6.15. The zero-order valence-electron chi connectivity index (χ0n) is 14.6. The van der Waals surface area contributed by atoms with Crippen LogP contribution in [0.5, 0.6) is 11.5 Å². The number of H-pyrrole nitrogens is 2. The van der Waals surface area contributed by atoms with E-state index in [0.29, 0.717) is 34.8 Å². The molecule has 9 nitrogen and oxygen atoms in total. The summed E-state index contributed by atoms with van der Waals surface area (Å²) in [4.78, 5) is 30.0. The number of benzene rings is 1. The minimum absolute atomic E-state index is 0.146. The SMILES string of the molecule is O=C(CN1CCCCC1)Nc1n[nH]c(=O)c2[nH]c3cc4c(cc3c12)OCO4. The van der Waals surface area contributed by atoms with E-state index < -0.39 is 0 Å². The molecule has 2 aliphatic rings. The molecule has 4 heterocycles. The maximum Gasteiger partial charge on any atom is 0.288 e. The van der Waals surface area contributed by atoms with E-state index in [4.69, 9.17) is 9.47 Å². The van der Waals surface area contributed by atoms with Gasteiger partial charge < -0.3 is 19.8 Å². The normalized spacial score (nSPS) is 16.9. The molecule has 0 bridgehead atoms. The third-order valence-corrected chi connectivity index (χ3v) is 5.10. The first-order chi connectivity index (χ1) is 13.2. The molecule has 0 radical (unpaired) electrons. The van der Waals surface area contributed by atoms with Crippen LogP contribution in [0.25, 0.3) is 21.8 Å². The molecule has 3 aromatic rings. The number of carbonyl (C=O) groups excluding carboxylic acids is 1. The monoisotopic (exact) mass is 369 g/mol. The van der Waals surface area contributed by atoms with Crippen molar-refractivity contribution in [2.75, 3.05) is 31.7 Å². The predicted molar refractivity (Wildman–Crippen MR) is 99.3 cm³/mol. The molecule has 3 N–H and O–H groups in total. The summed E-state index contributed by atoms with van der Waals surface area (Å²) in [6.45, 7) is 2.34. The number of likely N-dealkylation sites (tertiary alicyclic amines) is 1. The molecule has 1 amide bonds. The molecule has 0 aliphatic carbocycles. The number of carbonyl (C=O) groups is 1. The Morgan fingerprint density at radius 3 is 2.78 bits per heavy atom. The van der Waals surface area contributed by atoms with Crippen LogP contribution < -0.4 is 20.3 Å². The summed E-state index contributed by atoms with van der Waals surface area (Å²) in [5, 5.41) is 10.7. The van der Waals surface area contributed by atoms with Crippen molar-refractivity contribution in [1.82, 2.24) is 20.1 Å². The molecular weight excluding hydrogens is 350 g/mol. The van der Waals surface area contributed by atoms with E-state index >= 15 is 0 Å². The number of aromatic nitrogens is 3. The molecular formula is C18H19N5O4. The Hall–Kier alpha value is -3.07. The Morgan fingerprint density at radius 1 is 1.19 bits per heavy atom. The maximum atomic E-state index is 12.5. The Kier molecular flexibility index (Phi) is 3.75. The number of hydrogen-bond acceptors (Lipinski definition) is 6. The molecule has 2 aromatic heterocycles. The highest BCUT2D eigenvalue weighted by Crippen LogP contribution is 2.39. The maximum absolute atomic E-state index is 12.5. The van der Waals surface area contributed by atoms with Gasteiger partial charge in [-0.2, -0.15) is 5.10 Å². The van der Waals surface area contributed by atoms with Crippen LogP contribution in [0, 0.1) is 0 Å². The first-order valence-corrected chi connectivity index (χ1v) is 9.05. The Morgan fingerprint density at radius 2 is 1.96 bits per heavy atom. The number of rotatable bonds is 3. The summed E-state index contributed by atoms with van der Waals surface area (Å²) in [7, 11) is 0. The van der Waals surface area contributed by atoms with Crippen LogP contribution in [-0.2, 0) is 4.79 Å². The molecule has 0 spiro atoms. The first kappa shape index (κ1) is 16.1. The lowest BCUT2D eigenvalue weighted by Gasteiger charge is -2.25. The van der Waals surface area contributed by atoms with Gasteiger partial charge in [0.05, 0.1) is 17.4 Å². The number of hydrogen-bond donors (Lipinski definition) is 3. The van der Waals surface area contributed by atoms with Gasteiger partial charge in [-0.25, -0.2) is 5.10 Å². The van der Waals surface area contributed by atoms with Gasteiger partial charge in [0.15, 0.2) is 17.3 Å². The average molecular weight is 369 g/mol. The number of nitrogens with zero attached hydrogens (tertiary/aromatic N) is 2. The summed E-state index contributed by atoms with van der Waals surface area (Å²) in [6, 6.07) is 3.59. The molecule has 0 saturated carbocycles. The molecule has 9 heteroatoms. The molecule has 140 valence electrons. The van der Waals surface area contributed by atoms with Crippen molar-refractivity contribution in [2.24, 2.45) is 0 Å². The number of nitrogens with one attached hydrogen (secondary N) is 3. The Balaban J connectivity index is 1.53. The Labute approximate surface area is 153 Å². The fourth-order valence-corrected chi connectivity index (χ4v) is 3.80.